The van der Waals surface area contributed by atoms with Crippen LogP contribution in [0.1, 0.15) is 16.7 Å². The minimum Gasteiger partial charge on any atom is -0.497 e. The monoisotopic (exact) mass is 601 g/mol. The van der Waals surface area contributed by atoms with Gasteiger partial charge in [0.05, 0.1) is 19.1 Å². The highest BCUT2D eigenvalue weighted by Crippen LogP contribution is 2.26. The smallest absolute Gasteiger partial charge is 0.244 e. The Kier molecular flexibility index (Phi) is 9.93. The molecule has 0 bridgehead atoms. The molecule has 1 atom stereocenters. The zero-order valence-corrected chi connectivity index (χ0v) is 24.3. The molecule has 3 aromatic carbocycles. The fraction of sp³-hybridized carbons (Fsp3) is 0.286. The molecule has 38 heavy (non-hydrogen) atoms. The molecule has 3 rings (SSSR count). The van der Waals surface area contributed by atoms with Crippen LogP contribution >= 0.6 is 15.9 Å². The number of sulfonamides is 1. The summed E-state index contributed by atoms with van der Waals surface area (Å²) in [6.45, 7) is 1.45. The van der Waals surface area contributed by atoms with E-state index in [2.05, 4.69) is 21.2 Å². The normalized spacial score (nSPS) is 11.9. The molecule has 8 nitrogen and oxygen atoms in total. The van der Waals surface area contributed by atoms with Gasteiger partial charge < -0.3 is 15.0 Å². The van der Waals surface area contributed by atoms with Crippen molar-refractivity contribution >= 4 is 43.5 Å². The van der Waals surface area contributed by atoms with Crippen LogP contribution in [0.3, 0.4) is 0 Å². The van der Waals surface area contributed by atoms with E-state index in [0.29, 0.717) is 11.4 Å². The Morgan fingerprint density at radius 3 is 2.29 bits per heavy atom. The second kappa shape index (κ2) is 12.9. The van der Waals surface area contributed by atoms with Gasteiger partial charge in [-0.05, 0) is 53.9 Å². The predicted octanol–water partition coefficient (Wildman–Crippen LogP) is 3.92. The third-order valence-corrected chi connectivity index (χ3v) is 8.14. The summed E-state index contributed by atoms with van der Waals surface area (Å²) >= 11 is 3.43. The van der Waals surface area contributed by atoms with Crippen LogP contribution in [0.2, 0.25) is 0 Å². The minimum absolute atomic E-state index is 0.0813. The molecule has 0 aliphatic carbocycles. The van der Waals surface area contributed by atoms with Crippen molar-refractivity contribution < 1.29 is 22.7 Å². The number of benzene rings is 3. The van der Waals surface area contributed by atoms with E-state index >= 15 is 0 Å². The molecule has 202 valence electrons. The fourth-order valence-corrected chi connectivity index (χ4v) is 5.17. The van der Waals surface area contributed by atoms with E-state index in [1.807, 2.05) is 43.3 Å². The topological polar surface area (TPSA) is 96.0 Å². The Morgan fingerprint density at radius 2 is 1.68 bits per heavy atom. The van der Waals surface area contributed by atoms with Crippen molar-refractivity contribution in [3.8, 4) is 5.75 Å². The molecule has 3 aromatic rings. The number of hydrogen-bond acceptors (Lipinski definition) is 5. The predicted molar refractivity (Wildman–Crippen MR) is 153 cm³/mol. The standard InChI is InChI=1S/C28H32BrN3O5S/c1-20-15-23(13-14-25(20)29)32(38(4,35)36)19-27(33)31(18-22-11-8-12-24(16-22)37-3)26(28(34)30-2)17-21-9-6-5-7-10-21/h5-16,26H,17-19H2,1-4H3,(H,30,34). The highest BCUT2D eigenvalue weighted by Gasteiger charge is 2.32. The zero-order chi connectivity index (χ0) is 27.9. The lowest BCUT2D eigenvalue weighted by atomic mass is 10.0. The highest BCUT2D eigenvalue weighted by atomic mass is 79.9. The average molecular weight is 603 g/mol. The number of hydrogen-bond donors (Lipinski definition) is 1. The molecule has 2 amide bonds. The Hall–Kier alpha value is -3.37. The molecule has 0 saturated heterocycles. The highest BCUT2D eigenvalue weighted by molar-refractivity contribution is 9.10. The molecular weight excluding hydrogens is 570 g/mol. The van der Waals surface area contributed by atoms with Crippen LogP contribution in [-0.2, 0) is 32.6 Å². The van der Waals surface area contributed by atoms with E-state index in [4.69, 9.17) is 4.74 Å². The number of methoxy groups -OCH3 is 1. The van der Waals surface area contributed by atoms with E-state index in [0.717, 1.165) is 31.7 Å². The molecule has 0 aliphatic heterocycles. The van der Waals surface area contributed by atoms with E-state index in [9.17, 15) is 18.0 Å². The summed E-state index contributed by atoms with van der Waals surface area (Å²) < 4.78 is 32.9. The molecule has 0 aromatic heterocycles. The maximum absolute atomic E-state index is 13.9. The van der Waals surface area contributed by atoms with Gasteiger partial charge in [-0.1, -0.05) is 58.4 Å². The lowest BCUT2D eigenvalue weighted by molar-refractivity contribution is -0.139. The molecule has 1 N–H and O–H groups in total. The Balaban J connectivity index is 2.04. The number of halogens is 1. The molecule has 0 spiro atoms. The molecule has 0 heterocycles. The van der Waals surface area contributed by atoms with Gasteiger partial charge in [0.15, 0.2) is 0 Å². The van der Waals surface area contributed by atoms with Crippen LogP contribution in [0.15, 0.2) is 77.3 Å². The van der Waals surface area contributed by atoms with Gasteiger partial charge in [0.1, 0.15) is 18.3 Å². The van der Waals surface area contributed by atoms with Gasteiger partial charge in [-0.2, -0.15) is 0 Å². The second-order valence-corrected chi connectivity index (χ2v) is 11.7. The number of aryl methyl sites for hydroxylation is 1. The molecule has 1 unspecified atom stereocenters. The number of nitrogens with zero attached hydrogens (tertiary/aromatic N) is 2. The maximum Gasteiger partial charge on any atom is 0.244 e. The van der Waals surface area contributed by atoms with Crippen LogP contribution in [0.25, 0.3) is 0 Å². The largest absolute Gasteiger partial charge is 0.497 e. The molecule has 0 fully saturated rings. The van der Waals surface area contributed by atoms with Crippen molar-refractivity contribution in [3.63, 3.8) is 0 Å². The van der Waals surface area contributed by atoms with Crippen molar-refractivity contribution in [2.45, 2.75) is 25.9 Å². The first-order valence-corrected chi connectivity index (χ1v) is 14.6. The molecule has 0 radical (unpaired) electrons. The summed E-state index contributed by atoms with van der Waals surface area (Å²) in [5.41, 5.74) is 2.80. The summed E-state index contributed by atoms with van der Waals surface area (Å²) in [6, 6.07) is 20.8. The summed E-state index contributed by atoms with van der Waals surface area (Å²) in [4.78, 5) is 28.5. The first-order chi connectivity index (χ1) is 18.0. The maximum atomic E-state index is 13.9. The van der Waals surface area contributed by atoms with E-state index in [-0.39, 0.29) is 18.9 Å². The van der Waals surface area contributed by atoms with Gasteiger partial charge in [0.2, 0.25) is 21.8 Å². The summed E-state index contributed by atoms with van der Waals surface area (Å²) in [7, 11) is -0.754. The number of amides is 2. The number of likely N-dealkylation sites (N-methyl/N-ethyl adjacent to an activating group) is 1. The van der Waals surface area contributed by atoms with Crippen LogP contribution in [-0.4, -0.2) is 58.1 Å². The average Bonchev–Trinajstić information content (AvgIpc) is 2.90. The van der Waals surface area contributed by atoms with Crippen molar-refractivity contribution in [2.75, 3.05) is 31.3 Å². The Bertz CT molecular complexity index is 1380. The van der Waals surface area contributed by atoms with Gasteiger partial charge in [-0.3, -0.25) is 13.9 Å². The molecule has 0 aliphatic rings. The lowest BCUT2D eigenvalue weighted by Gasteiger charge is -2.33. The van der Waals surface area contributed by atoms with Crippen LogP contribution in [0, 0.1) is 6.92 Å². The van der Waals surface area contributed by atoms with E-state index < -0.39 is 28.5 Å². The van der Waals surface area contributed by atoms with Gasteiger partial charge in [0, 0.05) is 24.5 Å². The van der Waals surface area contributed by atoms with Crippen molar-refractivity contribution in [1.82, 2.24) is 10.2 Å². The van der Waals surface area contributed by atoms with Crippen LogP contribution in [0.4, 0.5) is 5.69 Å². The van der Waals surface area contributed by atoms with Crippen molar-refractivity contribution in [1.29, 1.82) is 0 Å². The number of carbonyl (C=O) groups excluding carboxylic acids is 2. The van der Waals surface area contributed by atoms with Gasteiger partial charge in [0.25, 0.3) is 0 Å². The number of nitrogens with one attached hydrogen (secondary N) is 1. The number of ether oxygens (including phenoxy) is 1. The molecule has 0 saturated carbocycles. The van der Waals surface area contributed by atoms with Gasteiger partial charge in [-0.15, -0.1) is 0 Å². The zero-order valence-electron chi connectivity index (χ0n) is 21.8. The van der Waals surface area contributed by atoms with Gasteiger partial charge >= 0.3 is 0 Å². The van der Waals surface area contributed by atoms with E-state index in [1.165, 1.54) is 11.9 Å². The van der Waals surface area contributed by atoms with Gasteiger partial charge in [-0.25, -0.2) is 8.42 Å². The Labute approximate surface area is 232 Å². The SMILES string of the molecule is CNC(=O)C(Cc1ccccc1)N(Cc1cccc(OC)c1)C(=O)CN(c1ccc(Br)c(C)c1)S(C)(=O)=O. The number of rotatable bonds is 11. The fourth-order valence-electron chi connectivity index (χ4n) is 4.09. The third-order valence-electron chi connectivity index (χ3n) is 6.11. The summed E-state index contributed by atoms with van der Waals surface area (Å²) in [6.07, 6.45) is 1.32. The third kappa shape index (κ3) is 7.58. The quantitative estimate of drug-likeness (QED) is 0.359. The van der Waals surface area contributed by atoms with E-state index in [1.54, 1.807) is 43.5 Å². The minimum atomic E-state index is -3.82. The summed E-state index contributed by atoms with van der Waals surface area (Å²) in [5.74, 6) is -0.253. The number of anilines is 1. The summed E-state index contributed by atoms with van der Waals surface area (Å²) in [5, 5.41) is 2.66. The van der Waals surface area contributed by atoms with Crippen molar-refractivity contribution in [2.24, 2.45) is 0 Å². The Morgan fingerprint density at radius 1 is 1.00 bits per heavy atom. The van der Waals surface area contributed by atoms with Crippen LogP contribution in [0.5, 0.6) is 5.75 Å². The van der Waals surface area contributed by atoms with Crippen LogP contribution < -0.4 is 14.4 Å². The second-order valence-electron chi connectivity index (χ2n) is 8.90. The molecule has 10 heteroatoms. The first kappa shape index (κ1) is 29.2. The number of carbonyl (C=O) groups is 2. The first-order valence-electron chi connectivity index (χ1n) is 11.9. The molecular formula is C28H32BrN3O5S. The van der Waals surface area contributed by atoms with Crippen molar-refractivity contribution in [3.05, 3.63) is 94.0 Å². The lowest BCUT2D eigenvalue weighted by Crippen LogP contribution is -2.52.